The summed E-state index contributed by atoms with van der Waals surface area (Å²) in [5.74, 6) is -0.231. The second kappa shape index (κ2) is 3.42. The number of carbonyl (C=O) groups is 2. The number of urea groups is 1. The standard InChI is InChI=1S/C7H13N3O2/c1-5(2)6(11)9-10-4-3-8-7(10)12/h5H,3-4H2,1-2H3,(H,8,12)(H,9,11). The van der Waals surface area contributed by atoms with Crippen LogP contribution in [0, 0.1) is 5.92 Å². The highest BCUT2D eigenvalue weighted by Gasteiger charge is 2.21. The first-order valence-corrected chi connectivity index (χ1v) is 3.97. The van der Waals surface area contributed by atoms with Gasteiger partial charge in [-0.3, -0.25) is 10.2 Å². The van der Waals surface area contributed by atoms with Gasteiger partial charge in [-0.25, -0.2) is 9.80 Å². The summed E-state index contributed by atoms with van der Waals surface area (Å²) in [5.41, 5.74) is 2.51. The van der Waals surface area contributed by atoms with Crippen molar-refractivity contribution in [1.82, 2.24) is 15.8 Å². The van der Waals surface area contributed by atoms with E-state index < -0.39 is 0 Å². The van der Waals surface area contributed by atoms with Crippen LogP contribution < -0.4 is 10.7 Å². The van der Waals surface area contributed by atoms with Crippen LogP contribution >= 0.6 is 0 Å². The lowest BCUT2D eigenvalue weighted by Crippen LogP contribution is -2.45. The van der Waals surface area contributed by atoms with Crippen LogP contribution in [0.25, 0.3) is 0 Å². The van der Waals surface area contributed by atoms with Crippen LogP contribution in [0.4, 0.5) is 4.79 Å². The molecule has 1 aliphatic rings. The summed E-state index contributed by atoms with van der Waals surface area (Å²) in [6.45, 7) is 4.70. The molecule has 1 saturated heterocycles. The Kier molecular flexibility index (Phi) is 2.52. The first kappa shape index (κ1) is 8.83. The fourth-order valence-corrected chi connectivity index (χ4v) is 0.840. The van der Waals surface area contributed by atoms with Crippen LogP contribution in [0.15, 0.2) is 0 Å². The summed E-state index contributed by atoms with van der Waals surface area (Å²) < 4.78 is 0. The molecule has 1 fully saturated rings. The van der Waals surface area contributed by atoms with Crippen molar-refractivity contribution in [3.8, 4) is 0 Å². The maximum Gasteiger partial charge on any atom is 0.336 e. The molecule has 2 N–H and O–H groups in total. The molecule has 0 saturated carbocycles. The van der Waals surface area contributed by atoms with Crippen molar-refractivity contribution < 1.29 is 9.59 Å². The zero-order chi connectivity index (χ0) is 9.14. The van der Waals surface area contributed by atoms with Gasteiger partial charge in [0, 0.05) is 12.5 Å². The molecule has 0 aromatic heterocycles. The Morgan fingerprint density at radius 2 is 2.33 bits per heavy atom. The van der Waals surface area contributed by atoms with Gasteiger partial charge < -0.3 is 5.32 Å². The van der Waals surface area contributed by atoms with Gasteiger partial charge in [0.05, 0.1) is 6.54 Å². The molecule has 1 heterocycles. The molecule has 0 radical (unpaired) electrons. The maximum atomic E-state index is 11.1. The first-order chi connectivity index (χ1) is 5.61. The first-order valence-electron chi connectivity index (χ1n) is 3.97. The van der Waals surface area contributed by atoms with Crippen LogP contribution in [0.2, 0.25) is 0 Å². The van der Waals surface area contributed by atoms with E-state index in [1.807, 2.05) is 0 Å². The molecule has 0 bridgehead atoms. The minimum absolute atomic E-state index is 0.0987. The van der Waals surface area contributed by atoms with Gasteiger partial charge >= 0.3 is 6.03 Å². The van der Waals surface area contributed by atoms with Crippen LogP contribution in [-0.4, -0.2) is 30.0 Å². The smallest absolute Gasteiger partial charge is 0.335 e. The number of hydrogen-bond donors (Lipinski definition) is 2. The van der Waals surface area contributed by atoms with Gasteiger partial charge in [-0.05, 0) is 0 Å². The number of rotatable bonds is 2. The van der Waals surface area contributed by atoms with E-state index in [1.165, 1.54) is 5.01 Å². The zero-order valence-corrected chi connectivity index (χ0v) is 7.26. The van der Waals surface area contributed by atoms with E-state index in [2.05, 4.69) is 10.7 Å². The molecule has 0 aromatic carbocycles. The Morgan fingerprint density at radius 3 is 2.75 bits per heavy atom. The zero-order valence-electron chi connectivity index (χ0n) is 7.26. The lowest BCUT2D eigenvalue weighted by Gasteiger charge is -2.16. The monoisotopic (exact) mass is 171 g/mol. The fourth-order valence-electron chi connectivity index (χ4n) is 0.840. The van der Waals surface area contributed by atoms with Gasteiger partial charge in [0.2, 0.25) is 5.91 Å². The van der Waals surface area contributed by atoms with Crippen molar-refractivity contribution in [2.75, 3.05) is 13.1 Å². The Bertz CT molecular complexity index is 203. The van der Waals surface area contributed by atoms with Crippen LogP contribution in [0.5, 0.6) is 0 Å². The van der Waals surface area contributed by atoms with Crippen molar-refractivity contribution in [1.29, 1.82) is 0 Å². The minimum atomic E-state index is -0.232. The van der Waals surface area contributed by atoms with Crippen molar-refractivity contribution in [2.45, 2.75) is 13.8 Å². The third-order valence-electron chi connectivity index (χ3n) is 1.63. The molecule has 0 unspecified atom stereocenters. The van der Waals surface area contributed by atoms with E-state index in [0.717, 1.165) is 0 Å². The molecule has 12 heavy (non-hydrogen) atoms. The number of nitrogens with zero attached hydrogens (tertiary/aromatic N) is 1. The quantitative estimate of drug-likeness (QED) is 0.599. The molecule has 5 heteroatoms. The number of carbonyl (C=O) groups excluding carboxylic acids is 2. The average Bonchev–Trinajstić information content (AvgIpc) is 2.36. The van der Waals surface area contributed by atoms with Gasteiger partial charge in [0.15, 0.2) is 0 Å². The Balaban J connectivity index is 2.40. The molecule has 0 aliphatic carbocycles. The fraction of sp³-hybridized carbons (Fsp3) is 0.714. The Morgan fingerprint density at radius 1 is 1.67 bits per heavy atom. The van der Waals surface area contributed by atoms with E-state index in [4.69, 9.17) is 0 Å². The number of hydrazine groups is 1. The van der Waals surface area contributed by atoms with E-state index in [0.29, 0.717) is 13.1 Å². The summed E-state index contributed by atoms with van der Waals surface area (Å²) in [6, 6.07) is -0.232. The van der Waals surface area contributed by atoms with Gasteiger partial charge in [-0.15, -0.1) is 0 Å². The van der Waals surface area contributed by atoms with Gasteiger partial charge in [-0.2, -0.15) is 0 Å². The molecule has 1 rings (SSSR count). The van der Waals surface area contributed by atoms with Gasteiger partial charge in [0.1, 0.15) is 0 Å². The van der Waals surface area contributed by atoms with Crippen molar-refractivity contribution in [3.05, 3.63) is 0 Å². The molecule has 0 aromatic rings. The second-order valence-electron chi connectivity index (χ2n) is 3.01. The number of nitrogens with one attached hydrogen (secondary N) is 2. The third-order valence-corrected chi connectivity index (χ3v) is 1.63. The van der Waals surface area contributed by atoms with Crippen LogP contribution in [-0.2, 0) is 4.79 Å². The molecule has 0 atom stereocenters. The lowest BCUT2D eigenvalue weighted by molar-refractivity contribution is -0.127. The minimum Gasteiger partial charge on any atom is -0.335 e. The molecule has 1 aliphatic heterocycles. The third kappa shape index (κ3) is 1.87. The summed E-state index contributed by atoms with van der Waals surface area (Å²) in [6.07, 6.45) is 0. The predicted octanol–water partition coefficient (Wildman–Crippen LogP) is -0.301. The highest BCUT2D eigenvalue weighted by atomic mass is 16.2. The molecule has 68 valence electrons. The number of hydrogen-bond acceptors (Lipinski definition) is 2. The van der Waals surface area contributed by atoms with Crippen LogP contribution in [0.1, 0.15) is 13.8 Å². The molecular weight excluding hydrogens is 158 g/mol. The Hall–Kier alpha value is -1.26. The van der Waals surface area contributed by atoms with Gasteiger partial charge in [-0.1, -0.05) is 13.8 Å². The molecular formula is C7H13N3O2. The predicted molar refractivity (Wildman–Crippen MR) is 43.1 cm³/mol. The average molecular weight is 171 g/mol. The van der Waals surface area contributed by atoms with Gasteiger partial charge in [0.25, 0.3) is 0 Å². The molecule has 3 amide bonds. The largest absolute Gasteiger partial charge is 0.336 e. The summed E-state index contributed by atoms with van der Waals surface area (Å²) in [4.78, 5) is 22.0. The summed E-state index contributed by atoms with van der Waals surface area (Å²) in [7, 11) is 0. The SMILES string of the molecule is CC(C)C(=O)NN1CCNC1=O. The lowest BCUT2D eigenvalue weighted by atomic mass is 10.2. The van der Waals surface area contributed by atoms with Crippen molar-refractivity contribution in [2.24, 2.45) is 5.92 Å². The topological polar surface area (TPSA) is 61.4 Å². The van der Waals surface area contributed by atoms with Crippen LogP contribution in [0.3, 0.4) is 0 Å². The molecule has 5 nitrogen and oxygen atoms in total. The van der Waals surface area contributed by atoms with E-state index in [9.17, 15) is 9.59 Å². The molecule has 0 spiro atoms. The highest BCUT2D eigenvalue weighted by molar-refractivity contribution is 5.83. The summed E-state index contributed by atoms with van der Waals surface area (Å²) >= 11 is 0. The summed E-state index contributed by atoms with van der Waals surface area (Å²) in [5, 5.41) is 3.88. The second-order valence-corrected chi connectivity index (χ2v) is 3.01. The maximum absolute atomic E-state index is 11.1. The highest BCUT2D eigenvalue weighted by Crippen LogP contribution is 1.95. The van der Waals surface area contributed by atoms with Crippen molar-refractivity contribution in [3.63, 3.8) is 0 Å². The van der Waals surface area contributed by atoms with E-state index in [1.54, 1.807) is 13.8 Å². The van der Waals surface area contributed by atoms with E-state index in [-0.39, 0.29) is 17.9 Å². The number of amides is 3. The normalized spacial score (nSPS) is 16.6. The van der Waals surface area contributed by atoms with Crippen molar-refractivity contribution >= 4 is 11.9 Å². The van der Waals surface area contributed by atoms with E-state index >= 15 is 0 Å². The Labute approximate surface area is 71.1 Å².